The second-order valence-corrected chi connectivity index (χ2v) is 7.42. The molecule has 0 aliphatic carbocycles. The molecule has 0 amide bonds. The van der Waals surface area contributed by atoms with Crippen LogP contribution in [0.1, 0.15) is 43.4 Å². The van der Waals surface area contributed by atoms with Crippen LogP contribution >= 0.6 is 0 Å². The fourth-order valence-corrected chi connectivity index (χ4v) is 4.11. The zero-order valence-corrected chi connectivity index (χ0v) is 16.0. The fraction of sp³-hybridized carbons (Fsp3) is 0.450. The van der Waals surface area contributed by atoms with Crippen molar-refractivity contribution in [2.24, 2.45) is 0 Å². The Bertz CT molecular complexity index is 976. The number of nitrogens with one attached hydrogen (secondary N) is 1. The quantitative estimate of drug-likeness (QED) is 0.903. The van der Waals surface area contributed by atoms with Crippen LogP contribution in [0.25, 0.3) is 5.65 Å². The van der Waals surface area contributed by atoms with Crippen molar-refractivity contribution in [3.8, 4) is 0 Å². The van der Waals surface area contributed by atoms with Gasteiger partial charge in [0.2, 0.25) is 0 Å². The van der Waals surface area contributed by atoms with Crippen LogP contribution in [0, 0.1) is 13.8 Å². The molecule has 27 heavy (non-hydrogen) atoms. The maximum atomic E-state index is 5.82. The minimum atomic E-state index is 0.197. The monoisotopic (exact) mass is 364 g/mol. The van der Waals surface area contributed by atoms with E-state index >= 15 is 0 Å². The van der Waals surface area contributed by atoms with Crippen LogP contribution < -0.4 is 5.32 Å². The summed E-state index contributed by atoms with van der Waals surface area (Å²) in [4.78, 5) is 11.4. The Morgan fingerprint density at radius 2 is 2.15 bits per heavy atom. The minimum Gasteiger partial charge on any atom is -0.493 e. The molecule has 0 saturated carbocycles. The third-order valence-corrected chi connectivity index (χ3v) is 5.65. The third kappa shape index (κ3) is 2.60. The van der Waals surface area contributed by atoms with Crippen molar-refractivity contribution in [2.75, 3.05) is 6.61 Å². The van der Waals surface area contributed by atoms with Gasteiger partial charge in [0.1, 0.15) is 11.9 Å². The predicted octanol–water partition coefficient (Wildman–Crippen LogP) is 2.73. The van der Waals surface area contributed by atoms with E-state index in [9.17, 15) is 0 Å². The number of hydrogen-bond acceptors (Lipinski definition) is 6. The second kappa shape index (κ2) is 6.11. The average Bonchev–Trinajstić information content (AvgIpc) is 3.26. The Labute approximate surface area is 158 Å². The summed E-state index contributed by atoms with van der Waals surface area (Å²) in [7, 11) is 0. The molecule has 5 heterocycles. The zero-order valence-electron chi connectivity index (χ0n) is 16.0. The van der Waals surface area contributed by atoms with Crippen LogP contribution in [-0.2, 0) is 11.2 Å². The molecule has 0 radical (unpaired) electrons. The molecule has 1 atom stereocenters. The van der Waals surface area contributed by atoms with E-state index in [1.54, 1.807) is 0 Å². The molecular formula is C20H24N6O. The molecule has 1 N–H and O–H groups in total. The summed E-state index contributed by atoms with van der Waals surface area (Å²) in [6.45, 7) is 6.98. The van der Waals surface area contributed by atoms with E-state index in [2.05, 4.69) is 39.5 Å². The summed E-state index contributed by atoms with van der Waals surface area (Å²) in [6, 6.07) is 0. The lowest BCUT2D eigenvalue weighted by Gasteiger charge is -2.33. The van der Waals surface area contributed by atoms with Crippen LogP contribution in [0.4, 0.5) is 0 Å². The predicted molar refractivity (Wildman–Crippen MR) is 101 cm³/mol. The molecule has 0 spiro atoms. The first-order valence-corrected chi connectivity index (χ1v) is 9.58. The largest absolute Gasteiger partial charge is 0.493 e. The highest BCUT2D eigenvalue weighted by Crippen LogP contribution is 2.35. The van der Waals surface area contributed by atoms with E-state index in [1.165, 1.54) is 17.0 Å². The van der Waals surface area contributed by atoms with Crippen LogP contribution in [0.5, 0.6) is 0 Å². The minimum absolute atomic E-state index is 0.197. The molecule has 5 rings (SSSR count). The Hall–Kier alpha value is -2.83. The van der Waals surface area contributed by atoms with Gasteiger partial charge in [-0.1, -0.05) is 0 Å². The molecule has 0 aromatic carbocycles. The maximum Gasteiger partial charge on any atom is 0.177 e. The Kier molecular flexibility index (Phi) is 3.70. The summed E-state index contributed by atoms with van der Waals surface area (Å²) < 4.78 is 7.72. The summed E-state index contributed by atoms with van der Waals surface area (Å²) in [5.74, 6) is 1.90. The highest BCUT2D eigenvalue weighted by Gasteiger charge is 2.35. The second-order valence-electron chi connectivity index (χ2n) is 7.42. The topological polar surface area (TPSA) is 67.6 Å². The van der Waals surface area contributed by atoms with Crippen molar-refractivity contribution in [1.29, 1.82) is 0 Å². The fourth-order valence-electron chi connectivity index (χ4n) is 4.11. The highest BCUT2D eigenvalue weighted by molar-refractivity contribution is 5.43. The van der Waals surface area contributed by atoms with Crippen molar-refractivity contribution in [2.45, 2.75) is 52.6 Å². The van der Waals surface area contributed by atoms with Crippen molar-refractivity contribution < 1.29 is 4.74 Å². The van der Waals surface area contributed by atoms with Gasteiger partial charge in [0.05, 0.1) is 18.0 Å². The Morgan fingerprint density at radius 3 is 3.00 bits per heavy atom. The van der Waals surface area contributed by atoms with Crippen molar-refractivity contribution in [1.82, 2.24) is 29.8 Å². The number of hydrogen-bond donors (Lipinski definition) is 1. The van der Waals surface area contributed by atoms with Gasteiger partial charge in [-0.05, 0) is 46.1 Å². The molecule has 2 aromatic heterocycles. The van der Waals surface area contributed by atoms with Crippen molar-refractivity contribution in [3.05, 3.63) is 58.4 Å². The molecule has 7 nitrogen and oxygen atoms in total. The van der Waals surface area contributed by atoms with E-state index in [4.69, 9.17) is 9.72 Å². The lowest BCUT2D eigenvalue weighted by atomic mass is 10.0. The van der Waals surface area contributed by atoms with Crippen LogP contribution in [0.3, 0.4) is 0 Å². The number of aryl methyl sites for hydroxylation is 3. The first-order valence-electron chi connectivity index (χ1n) is 9.58. The zero-order chi connectivity index (χ0) is 18.5. The summed E-state index contributed by atoms with van der Waals surface area (Å²) in [5, 5.41) is 8.38. The lowest BCUT2D eigenvalue weighted by Crippen LogP contribution is -2.39. The molecule has 0 saturated heterocycles. The number of rotatable bonds is 3. The molecular weight excluding hydrogens is 340 g/mol. The normalized spacial score (nSPS) is 21.4. The third-order valence-electron chi connectivity index (χ3n) is 5.65. The van der Waals surface area contributed by atoms with E-state index in [0.29, 0.717) is 0 Å². The van der Waals surface area contributed by atoms with Gasteiger partial charge in [0.25, 0.3) is 0 Å². The highest BCUT2D eigenvalue weighted by atomic mass is 16.5. The molecule has 3 aliphatic rings. The van der Waals surface area contributed by atoms with E-state index in [-0.39, 0.29) is 6.17 Å². The van der Waals surface area contributed by atoms with Gasteiger partial charge in [-0.15, -0.1) is 0 Å². The van der Waals surface area contributed by atoms with Gasteiger partial charge < -0.3 is 15.0 Å². The first kappa shape index (κ1) is 16.4. The molecule has 0 bridgehead atoms. The smallest absolute Gasteiger partial charge is 0.177 e. The molecule has 140 valence electrons. The van der Waals surface area contributed by atoms with Gasteiger partial charge >= 0.3 is 0 Å². The summed E-state index contributed by atoms with van der Waals surface area (Å²) in [6.07, 6.45) is 10.1. The molecule has 2 aromatic rings. The van der Waals surface area contributed by atoms with Crippen LogP contribution in [-0.4, -0.2) is 37.3 Å². The number of fused-ring (bicyclic) bond motifs is 3. The summed E-state index contributed by atoms with van der Waals surface area (Å²) >= 11 is 0. The lowest BCUT2D eigenvalue weighted by molar-refractivity contribution is 0.181. The number of aromatic nitrogens is 4. The van der Waals surface area contributed by atoms with Crippen LogP contribution in [0.15, 0.2) is 41.2 Å². The first-order chi connectivity index (χ1) is 13.1. The van der Waals surface area contributed by atoms with Crippen LogP contribution in [0.2, 0.25) is 0 Å². The molecule has 0 fully saturated rings. The van der Waals surface area contributed by atoms with Crippen molar-refractivity contribution >= 4 is 5.65 Å². The number of ether oxygens (including phenoxy) is 1. The van der Waals surface area contributed by atoms with E-state index < -0.39 is 0 Å². The van der Waals surface area contributed by atoms with Crippen molar-refractivity contribution in [3.63, 3.8) is 0 Å². The van der Waals surface area contributed by atoms with Gasteiger partial charge in [0.15, 0.2) is 11.5 Å². The van der Waals surface area contributed by atoms with Gasteiger partial charge in [-0.3, -0.25) is 4.98 Å². The average molecular weight is 364 g/mol. The SMILES string of the molecule is CC1=C(CCc2nc3c(C)ncc(C)n3n2)NC2C3=C(C=CN12)OCCC3. The van der Waals surface area contributed by atoms with E-state index in [1.807, 2.05) is 24.6 Å². The summed E-state index contributed by atoms with van der Waals surface area (Å²) in [5.41, 5.74) is 6.65. The van der Waals surface area contributed by atoms with Gasteiger partial charge in [0, 0.05) is 35.8 Å². The number of nitrogens with zero attached hydrogens (tertiary/aromatic N) is 5. The Balaban J connectivity index is 1.36. The number of allylic oxidation sites excluding steroid dienone is 3. The Morgan fingerprint density at radius 1 is 1.26 bits per heavy atom. The van der Waals surface area contributed by atoms with E-state index in [0.717, 1.165) is 60.9 Å². The molecule has 7 heteroatoms. The standard InChI is InChI=1S/C20H24N6O/c1-12-11-21-13(2)19-23-18(24-26(12)19)7-6-16-14(3)25-9-8-17-15(20(25)22-16)5-4-10-27-17/h8-9,11,20,22H,4-7,10H2,1-3H3. The van der Waals surface area contributed by atoms with Gasteiger partial charge in [-0.2, -0.15) is 5.10 Å². The molecule has 3 aliphatic heterocycles. The molecule has 1 unspecified atom stereocenters. The maximum absolute atomic E-state index is 5.82. The van der Waals surface area contributed by atoms with Gasteiger partial charge in [-0.25, -0.2) is 9.50 Å².